The first-order valence-electron chi connectivity index (χ1n) is 5.47. The van der Waals surface area contributed by atoms with E-state index in [0.29, 0.717) is 23.6 Å². The van der Waals surface area contributed by atoms with Crippen molar-refractivity contribution >= 4 is 34.8 Å². The Morgan fingerprint density at radius 1 is 1.56 bits per heavy atom. The van der Waals surface area contributed by atoms with E-state index in [0.717, 1.165) is 5.56 Å². The zero-order valence-corrected chi connectivity index (χ0v) is 11.2. The molecule has 1 atom stereocenters. The van der Waals surface area contributed by atoms with Crippen LogP contribution in [0, 0.1) is 0 Å². The highest BCUT2D eigenvalue weighted by molar-refractivity contribution is 6.33. The number of rotatable bonds is 4. The topological polar surface area (TPSA) is 59.3 Å². The van der Waals surface area contributed by atoms with Crippen LogP contribution >= 0.6 is 23.2 Å². The number of carbonyl (C=O) groups excluding carboxylic acids is 1. The third-order valence-corrected chi connectivity index (χ3v) is 2.91. The summed E-state index contributed by atoms with van der Waals surface area (Å²) >= 11 is 11.5. The monoisotopic (exact) mass is 286 g/mol. The maximum absolute atomic E-state index is 11.3. The van der Waals surface area contributed by atoms with Crippen molar-refractivity contribution in [2.24, 2.45) is 0 Å². The molecule has 96 valence electrons. The zero-order chi connectivity index (χ0) is 13.1. The van der Waals surface area contributed by atoms with Crippen molar-refractivity contribution in [2.45, 2.75) is 18.7 Å². The molecule has 0 aliphatic heterocycles. The van der Waals surface area contributed by atoms with Gasteiger partial charge < -0.3 is 5.32 Å². The van der Waals surface area contributed by atoms with Gasteiger partial charge in [0.15, 0.2) is 5.65 Å². The predicted octanol–water partition coefficient (Wildman–Crippen LogP) is 1.67. The molecule has 2 aromatic rings. The number of nitrogens with one attached hydrogen (secondary N) is 1. The molecular weight excluding hydrogens is 275 g/mol. The Bertz CT molecular complexity index is 567. The molecule has 1 unspecified atom stereocenters. The lowest BCUT2D eigenvalue weighted by Gasteiger charge is -2.06. The fourth-order valence-electron chi connectivity index (χ4n) is 1.48. The molecule has 18 heavy (non-hydrogen) atoms. The van der Waals surface area contributed by atoms with Crippen molar-refractivity contribution in [3.05, 3.63) is 29.2 Å². The van der Waals surface area contributed by atoms with Gasteiger partial charge in [-0.2, -0.15) is 5.10 Å². The first kappa shape index (κ1) is 13.1. The number of amides is 1. The molecule has 0 spiro atoms. The highest BCUT2D eigenvalue weighted by Gasteiger charge is 2.08. The molecule has 0 bridgehead atoms. The van der Waals surface area contributed by atoms with Crippen molar-refractivity contribution in [1.29, 1.82) is 0 Å². The standard InChI is InChI=1S/C11H12Cl2N4O/c1-7(12)11(18)14-3-2-8-4-15-10-9(13)5-16-17(10)6-8/h4-7H,2-3H2,1H3,(H,14,18). The fourth-order valence-corrected chi connectivity index (χ4v) is 1.74. The molecule has 1 amide bonds. The van der Waals surface area contributed by atoms with Crippen molar-refractivity contribution in [3.8, 4) is 0 Å². The summed E-state index contributed by atoms with van der Waals surface area (Å²) in [5.41, 5.74) is 1.59. The molecular formula is C11H12Cl2N4O. The van der Waals surface area contributed by atoms with E-state index >= 15 is 0 Å². The maximum atomic E-state index is 11.3. The third-order valence-electron chi connectivity index (χ3n) is 2.44. The number of hydrogen-bond acceptors (Lipinski definition) is 3. The molecule has 0 saturated heterocycles. The average Bonchev–Trinajstić information content (AvgIpc) is 2.70. The van der Waals surface area contributed by atoms with Gasteiger partial charge in [-0.3, -0.25) is 4.79 Å². The molecule has 0 saturated carbocycles. The van der Waals surface area contributed by atoms with Crippen molar-refractivity contribution in [1.82, 2.24) is 19.9 Å². The van der Waals surface area contributed by atoms with Gasteiger partial charge in [0, 0.05) is 18.9 Å². The van der Waals surface area contributed by atoms with Crippen LogP contribution in [0.2, 0.25) is 5.02 Å². The van der Waals surface area contributed by atoms with Crippen LogP contribution in [-0.4, -0.2) is 32.4 Å². The van der Waals surface area contributed by atoms with Crippen molar-refractivity contribution in [3.63, 3.8) is 0 Å². The number of alkyl halides is 1. The average molecular weight is 287 g/mol. The van der Waals surface area contributed by atoms with Crippen LogP contribution in [0.1, 0.15) is 12.5 Å². The van der Waals surface area contributed by atoms with Gasteiger partial charge in [-0.15, -0.1) is 11.6 Å². The summed E-state index contributed by atoms with van der Waals surface area (Å²) in [7, 11) is 0. The molecule has 0 fully saturated rings. The van der Waals surface area contributed by atoms with E-state index in [9.17, 15) is 4.79 Å². The van der Waals surface area contributed by atoms with Crippen molar-refractivity contribution < 1.29 is 4.79 Å². The van der Waals surface area contributed by atoms with Gasteiger partial charge in [-0.25, -0.2) is 9.50 Å². The van der Waals surface area contributed by atoms with E-state index in [1.165, 1.54) is 0 Å². The maximum Gasteiger partial charge on any atom is 0.237 e. The van der Waals surface area contributed by atoms with Crippen LogP contribution in [0.4, 0.5) is 0 Å². The lowest BCUT2D eigenvalue weighted by Crippen LogP contribution is -2.31. The predicted molar refractivity (Wildman–Crippen MR) is 70.0 cm³/mol. The molecule has 2 aromatic heterocycles. The lowest BCUT2D eigenvalue weighted by atomic mass is 10.2. The Labute approximate surface area is 114 Å². The highest BCUT2D eigenvalue weighted by atomic mass is 35.5. The minimum atomic E-state index is -0.518. The van der Waals surface area contributed by atoms with Gasteiger partial charge in [0.2, 0.25) is 5.91 Å². The molecule has 7 heteroatoms. The van der Waals surface area contributed by atoms with Gasteiger partial charge in [0.25, 0.3) is 0 Å². The van der Waals surface area contributed by atoms with Crippen LogP contribution in [0.3, 0.4) is 0 Å². The number of fused-ring (bicyclic) bond motifs is 1. The van der Waals surface area contributed by atoms with E-state index in [4.69, 9.17) is 23.2 Å². The number of nitrogens with zero attached hydrogens (tertiary/aromatic N) is 3. The van der Waals surface area contributed by atoms with Gasteiger partial charge in [-0.05, 0) is 18.9 Å². The summed E-state index contributed by atoms with van der Waals surface area (Å²) in [6.07, 6.45) is 5.77. The van der Waals surface area contributed by atoms with Crippen LogP contribution in [0.25, 0.3) is 5.65 Å². The normalized spacial score (nSPS) is 12.6. The Morgan fingerprint density at radius 3 is 3.06 bits per heavy atom. The Morgan fingerprint density at radius 2 is 2.33 bits per heavy atom. The molecule has 0 aromatic carbocycles. The van der Waals surface area contributed by atoms with Crippen LogP contribution in [0.5, 0.6) is 0 Å². The second-order valence-electron chi connectivity index (χ2n) is 3.88. The number of aromatic nitrogens is 3. The van der Waals surface area contributed by atoms with Crippen molar-refractivity contribution in [2.75, 3.05) is 6.54 Å². The number of hydrogen-bond donors (Lipinski definition) is 1. The lowest BCUT2D eigenvalue weighted by molar-refractivity contribution is -0.120. The van der Waals surface area contributed by atoms with E-state index in [1.807, 2.05) is 6.20 Å². The number of halogens is 2. The molecule has 2 heterocycles. The zero-order valence-electron chi connectivity index (χ0n) is 9.73. The quantitative estimate of drug-likeness (QED) is 0.870. The molecule has 0 aliphatic carbocycles. The van der Waals surface area contributed by atoms with Crippen LogP contribution < -0.4 is 5.32 Å². The van der Waals surface area contributed by atoms with E-state index in [1.54, 1.807) is 23.8 Å². The van der Waals surface area contributed by atoms with E-state index in [2.05, 4.69) is 15.4 Å². The van der Waals surface area contributed by atoms with Crippen LogP contribution in [-0.2, 0) is 11.2 Å². The minimum Gasteiger partial charge on any atom is -0.354 e. The summed E-state index contributed by atoms with van der Waals surface area (Å²) in [4.78, 5) is 15.5. The summed E-state index contributed by atoms with van der Waals surface area (Å²) in [5.74, 6) is -0.173. The first-order valence-corrected chi connectivity index (χ1v) is 6.29. The minimum absolute atomic E-state index is 0.173. The van der Waals surface area contributed by atoms with Crippen LogP contribution in [0.15, 0.2) is 18.6 Å². The molecule has 2 rings (SSSR count). The third kappa shape index (κ3) is 2.91. The molecule has 5 nitrogen and oxygen atoms in total. The smallest absolute Gasteiger partial charge is 0.237 e. The molecule has 0 radical (unpaired) electrons. The SMILES string of the molecule is CC(Cl)C(=O)NCCc1cnc2c(Cl)cnn2c1. The summed E-state index contributed by atoms with van der Waals surface area (Å²) in [6, 6.07) is 0. The van der Waals surface area contributed by atoms with Gasteiger partial charge in [-0.1, -0.05) is 11.6 Å². The molecule has 1 N–H and O–H groups in total. The Kier molecular flexibility index (Phi) is 4.04. The van der Waals surface area contributed by atoms with E-state index in [-0.39, 0.29) is 5.91 Å². The second-order valence-corrected chi connectivity index (χ2v) is 4.94. The Hall–Kier alpha value is -1.33. The fraction of sp³-hybridized carbons (Fsp3) is 0.364. The number of carbonyl (C=O) groups is 1. The van der Waals surface area contributed by atoms with Gasteiger partial charge in [0.05, 0.1) is 6.20 Å². The van der Waals surface area contributed by atoms with Gasteiger partial charge in [0.1, 0.15) is 10.4 Å². The second kappa shape index (κ2) is 5.54. The highest BCUT2D eigenvalue weighted by Crippen LogP contribution is 2.14. The largest absolute Gasteiger partial charge is 0.354 e. The Balaban J connectivity index is 1.98. The van der Waals surface area contributed by atoms with E-state index < -0.39 is 5.38 Å². The summed E-state index contributed by atoms with van der Waals surface area (Å²) < 4.78 is 1.61. The summed E-state index contributed by atoms with van der Waals surface area (Å²) in [5, 5.41) is 6.79. The summed E-state index contributed by atoms with van der Waals surface area (Å²) in [6.45, 7) is 2.15. The first-order chi connectivity index (χ1) is 8.58. The van der Waals surface area contributed by atoms with Gasteiger partial charge >= 0.3 is 0 Å². The molecule has 0 aliphatic rings.